The third-order valence-corrected chi connectivity index (χ3v) is 5.31. The first kappa shape index (κ1) is 19.8. The molecular weight excluding hydrogens is 400 g/mol. The number of nitrogens with one attached hydrogen (secondary N) is 1. The fourth-order valence-corrected chi connectivity index (χ4v) is 3.69. The number of nitrogens with zero attached hydrogens (tertiary/aromatic N) is 3. The van der Waals surface area contributed by atoms with E-state index in [0.29, 0.717) is 12.2 Å². The van der Waals surface area contributed by atoms with Gasteiger partial charge in [-0.2, -0.15) is 5.10 Å². The molecule has 2 aromatic heterocycles. The van der Waals surface area contributed by atoms with Crippen molar-refractivity contribution in [2.24, 2.45) is 0 Å². The molecule has 0 unspecified atom stereocenters. The maximum Gasteiger partial charge on any atom is 0.278 e. The van der Waals surface area contributed by atoms with Crippen molar-refractivity contribution in [3.8, 4) is 17.1 Å². The van der Waals surface area contributed by atoms with E-state index in [1.807, 2.05) is 86.6 Å². The Hall–Kier alpha value is -4.19. The Morgan fingerprint density at radius 1 is 0.969 bits per heavy atom. The first-order chi connectivity index (χ1) is 15.6. The Labute approximate surface area is 185 Å². The summed E-state index contributed by atoms with van der Waals surface area (Å²) < 4.78 is 7.29. The Bertz CT molecular complexity index is 1400. The third-order valence-electron chi connectivity index (χ3n) is 5.31. The van der Waals surface area contributed by atoms with Gasteiger partial charge in [-0.05, 0) is 67.9 Å². The van der Waals surface area contributed by atoms with Gasteiger partial charge in [-0.25, -0.2) is 9.67 Å². The molecule has 1 N–H and O–H groups in total. The van der Waals surface area contributed by atoms with E-state index in [1.165, 1.54) is 4.68 Å². The predicted octanol–water partition coefficient (Wildman–Crippen LogP) is 5.31. The van der Waals surface area contributed by atoms with E-state index in [9.17, 15) is 4.79 Å². The number of imidazole rings is 1. The van der Waals surface area contributed by atoms with Crippen molar-refractivity contribution in [2.75, 3.05) is 0 Å². The minimum atomic E-state index is -0.159. The molecule has 0 fully saturated rings. The van der Waals surface area contributed by atoms with Crippen LogP contribution in [0, 0.1) is 13.8 Å². The molecule has 6 heteroatoms. The normalized spacial score (nSPS) is 11.1. The van der Waals surface area contributed by atoms with Crippen molar-refractivity contribution in [3.63, 3.8) is 0 Å². The second kappa shape index (κ2) is 8.15. The summed E-state index contributed by atoms with van der Waals surface area (Å²) in [6.45, 7) is 4.27. The van der Waals surface area contributed by atoms with Crippen LogP contribution in [0.5, 0.6) is 5.75 Å². The number of fused-ring (bicyclic) bond motifs is 1. The lowest BCUT2D eigenvalue weighted by Gasteiger charge is -2.06. The number of carbonyl (C=O) groups is 1. The first-order valence-corrected chi connectivity index (χ1v) is 10.4. The predicted molar refractivity (Wildman–Crippen MR) is 124 cm³/mol. The van der Waals surface area contributed by atoms with Gasteiger partial charge in [0.2, 0.25) is 0 Å². The number of rotatable bonds is 5. The van der Waals surface area contributed by atoms with Gasteiger partial charge in [0.05, 0.1) is 16.7 Å². The van der Waals surface area contributed by atoms with E-state index in [2.05, 4.69) is 15.1 Å². The molecule has 0 radical (unpaired) electrons. The minimum Gasteiger partial charge on any atom is -0.489 e. The molecule has 0 aliphatic heterocycles. The van der Waals surface area contributed by atoms with Crippen LogP contribution in [0.3, 0.4) is 0 Å². The van der Waals surface area contributed by atoms with Gasteiger partial charge in [-0.3, -0.25) is 4.79 Å². The Morgan fingerprint density at radius 2 is 1.75 bits per heavy atom. The van der Waals surface area contributed by atoms with Gasteiger partial charge >= 0.3 is 0 Å². The van der Waals surface area contributed by atoms with Crippen molar-refractivity contribution in [3.05, 3.63) is 101 Å². The van der Waals surface area contributed by atoms with Gasteiger partial charge in [0.15, 0.2) is 0 Å². The van der Waals surface area contributed by atoms with Crippen LogP contribution >= 0.6 is 0 Å². The number of benzene rings is 3. The number of aryl methyl sites for hydroxylation is 2. The molecule has 6 nitrogen and oxygen atoms in total. The maximum atomic E-state index is 12.9. The molecule has 32 heavy (non-hydrogen) atoms. The van der Waals surface area contributed by atoms with Crippen LogP contribution in [-0.4, -0.2) is 25.7 Å². The van der Waals surface area contributed by atoms with Crippen molar-refractivity contribution in [1.29, 1.82) is 0 Å². The maximum absolute atomic E-state index is 12.9. The molecule has 2 heterocycles. The van der Waals surface area contributed by atoms with E-state index in [-0.39, 0.29) is 5.91 Å². The molecule has 5 aromatic rings. The summed E-state index contributed by atoms with van der Waals surface area (Å²) in [4.78, 5) is 20.8. The summed E-state index contributed by atoms with van der Waals surface area (Å²) in [7, 11) is 0. The zero-order valence-electron chi connectivity index (χ0n) is 17.9. The quantitative estimate of drug-likeness (QED) is 0.417. The monoisotopic (exact) mass is 422 g/mol. The number of hydrogen-bond donors (Lipinski definition) is 1. The number of aromatic amines is 1. The van der Waals surface area contributed by atoms with E-state index in [1.54, 1.807) is 6.07 Å². The molecule has 0 amide bonds. The summed E-state index contributed by atoms with van der Waals surface area (Å²) in [6.07, 6.45) is 0. The average molecular weight is 422 g/mol. The number of aromatic nitrogens is 4. The Balaban J connectivity index is 1.35. The van der Waals surface area contributed by atoms with Gasteiger partial charge in [0.1, 0.15) is 18.2 Å². The molecule has 0 atom stereocenters. The van der Waals surface area contributed by atoms with Gasteiger partial charge in [0.25, 0.3) is 5.91 Å². The zero-order valence-corrected chi connectivity index (χ0v) is 17.9. The summed E-state index contributed by atoms with van der Waals surface area (Å²) in [6, 6.07) is 25.2. The fourth-order valence-electron chi connectivity index (χ4n) is 3.69. The number of H-pyrrole nitrogens is 1. The second-order valence-electron chi connectivity index (χ2n) is 7.76. The van der Waals surface area contributed by atoms with E-state index < -0.39 is 0 Å². The number of ether oxygens (including phenoxy) is 1. The van der Waals surface area contributed by atoms with Crippen LogP contribution in [0.25, 0.3) is 22.4 Å². The third kappa shape index (κ3) is 3.90. The molecule has 0 aliphatic rings. The van der Waals surface area contributed by atoms with Gasteiger partial charge < -0.3 is 9.72 Å². The van der Waals surface area contributed by atoms with Crippen LogP contribution in [0.4, 0.5) is 0 Å². The molecule has 5 rings (SSSR count). The molecule has 0 saturated heterocycles. The standard InChI is InChI=1S/C26H22N4O2/c1-17-14-18(2)30(29-17)26(31)21-10-13-23-24(15-21)28-25(27-23)20-8-11-22(12-9-20)32-16-19-6-4-3-5-7-19/h3-15H,16H2,1-2H3,(H,27,28). The zero-order chi connectivity index (χ0) is 22.1. The minimum absolute atomic E-state index is 0.159. The smallest absolute Gasteiger partial charge is 0.278 e. The lowest BCUT2D eigenvalue weighted by molar-refractivity contribution is 0.0942. The van der Waals surface area contributed by atoms with E-state index in [4.69, 9.17) is 4.74 Å². The Morgan fingerprint density at radius 3 is 2.47 bits per heavy atom. The van der Waals surface area contributed by atoms with Crippen molar-refractivity contribution < 1.29 is 9.53 Å². The second-order valence-corrected chi connectivity index (χ2v) is 7.76. The number of carbonyl (C=O) groups excluding carboxylic acids is 1. The Kier molecular flexibility index (Phi) is 5.03. The molecule has 0 aliphatic carbocycles. The molecule has 0 spiro atoms. The highest BCUT2D eigenvalue weighted by atomic mass is 16.5. The first-order valence-electron chi connectivity index (χ1n) is 10.4. The summed E-state index contributed by atoms with van der Waals surface area (Å²) >= 11 is 0. The highest BCUT2D eigenvalue weighted by molar-refractivity contribution is 5.99. The van der Waals surface area contributed by atoms with Crippen LogP contribution in [-0.2, 0) is 6.61 Å². The highest BCUT2D eigenvalue weighted by Gasteiger charge is 2.14. The average Bonchev–Trinajstić information content (AvgIpc) is 3.40. The van der Waals surface area contributed by atoms with E-state index in [0.717, 1.165) is 45.1 Å². The van der Waals surface area contributed by atoms with Crippen LogP contribution < -0.4 is 4.74 Å². The molecule has 0 saturated carbocycles. The number of hydrogen-bond acceptors (Lipinski definition) is 4. The molecule has 0 bridgehead atoms. The topological polar surface area (TPSA) is 72.8 Å². The lowest BCUT2D eigenvalue weighted by Crippen LogP contribution is -2.15. The van der Waals surface area contributed by atoms with Crippen molar-refractivity contribution in [1.82, 2.24) is 19.7 Å². The van der Waals surface area contributed by atoms with Crippen molar-refractivity contribution >= 4 is 16.9 Å². The van der Waals surface area contributed by atoms with E-state index >= 15 is 0 Å². The highest BCUT2D eigenvalue weighted by Crippen LogP contribution is 2.24. The van der Waals surface area contributed by atoms with Crippen LogP contribution in [0.2, 0.25) is 0 Å². The van der Waals surface area contributed by atoms with Gasteiger partial charge in [-0.1, -0.05) is 30.3 Å². The van der Waals surface area contributed by atoms with Gasteiger partial charge in [0, 0.05) is 16.8 Å². The molecular formula is C26H22N4O2. The summed E-state index contributed by atoms with van der Waals surface area (Å²) in [5.74, 6) is 1.38. The van der Waals surface area contributed by atoms with Crippen LogP contribution in [0.1, 0.15) is 27.3 Å². The summed E-state index contributed by atoms with van der Waals surface area (Å²) in [5.41, 5.74) is 5.86. The van der Waals surface area contributed by atoms with Gasteiger partial charge in [-0.15, -0.1) is 0 Å². The summed E-state index contributed by atoms with van der Waals surface area (Å²) in [5, 5.41) is 4.29. The lowest BCUT2D eigenvalue weighted by atomic mass is 10.2. The SMILES string of the molecule is Cc1cc(C)n(C(=O)c2ccc3nc(-c4ccc(OCc5ccccc5)cc4)[nH]c3c2)n1. The largest absolute Gasteiger partial charge is 0.489 e. The van der Waals surface area contributed by atoms with Crippen molar-refractivity contribution in [2.45, 2.75) is 20.5 Å². The van der Waals surface area contributed by atoms with Crippen LogP contribution in [0.15, 0.2) is 78.9 Å². The molecule has 158 valence electrons. The fraction of sp³-hybridized carbons (Fsp3) is 0.115. The molecule has 3 aromatic carbocycles.